The van der Waals surface area contributed by atoms with E-state index in [9.17, 15) is 4.79 Å². The molecule has 8 heteroatoms. The highest BCUT2D eigenvalue weighted by Crippen LogP contribution is 2.30. The number of amides is 1. The van der Waals surface area contributed by atoms with Crippen LogP contribution in [0, 0.1) is 13.8 Å². The molecule has 0 aliphatic carbocycles. The van der Waals surface area contributed by atoms with Crippen molar-refractivity contribution in [1.29, 1.82) is 0 Å². The minimum absolute atomic E-state index is 0.0404. The number of aromatic nitrogens is 3. The Morgan fingerprint density at radius 3 is 2.68 bits per heavy atom. The number of aryl methyl sites for hydroxylation is 2. The van der Waals surface area contributed by atoms with Gasteiger partial charge in [0.2, 0.25) is 5.91 Å². The molecule has 0 bridgehead atoms. The van der Waals surface area contributed by atoms with Crippen molar-refractivity contribution >= 4 is 29.0 Å². The van der Waals surface area contributed by atoms with Gasteiger partial charge >= 0.3 is 0 Å². The molecule has 0 aliphatic heterocycles. The van der Waals surface area contributed by atoms with Gasteiger partial charge in [0.15, 0.2) is 0 Å². The lowest BCUT2D eigenvalue weighted by Crippen LogP contribution is -2.43. The van der Waals surface area contributed by atoms with Crippen LogP contribution in [0.25, 0.3) is 10.8 Å². The van der Waals surface area contributed by atoms with Gasteiger partial charge in [-0.05, 0) is 34.1 Å². The molecule has 2 aromatic heterocycles. The Hall–Kier alpha value is -1.41. The normalized spacial score (nSPS) is 11.7. The van der Waals surface area contributed by atoms with E-state index in [0.717, 1.165) is 22.0 Å². The molecule has 0 atom stereocenters. The van der Waals surface area contributed by atoms with E-state index < -0.39 is 0 Å². The first-order valence-electron chi connectivity index (χ1n) is 7.02. The number of hydrogen-bond acceptors (Lipinski definition) is 7. The molecule has 6 nitrogen and oxygen atoms in total. The third kappa shape index (κ3) is 4.30. The van der Waals surface area contributed by atoms with Crippen LogP contribution in [-0.4, -0.2) is 32.4 Å². The van der Waals surface area contributed by atoms with Crippen molar-refractivity contribution < 1.29 is 9.21 Å². The number of rotatable bonds is 6. The molecule has 0 spiro atoms. The van der Waals surface area contributed by atoms with Crippen molar-refractivity contribution in [2.45, 2.75) is 51.8 Å². The van der Waals surface area contributed by atoms with Gasteiger partial charge in [-0.25, -0.2) is 4.98 Å². The van der Waals surface area contributed by atoms with Crippen LogP contribution in [0.5, 0.6) is 0 Å². The van der Waals surface area contributed by atoms with E-state index in [1.54, 1.807) is 0 Å². The van der Waals surface area contributed by atoms with Crippen molar-refractivity contribution in [2.24, 2.45) is 0 Å². The van der Waals surface area contributed by atoms with Gasteiger partial charge < -0.3 is 9.73 Å². The van der Waals surface area contributed by atoms with Crippen LogP contribution in [0.4, 0.5) is 0 Å². The SMILES string of the molecule is CCC(C)(C)NC(=O)CSc1nnc(-c2sc(C)nc2C)o1. The molecule has 2 heterocycles. The maximum absolute atomic E-state index is 11.9. The fourth-order valence-corrected chi connectivity index (χ4v) is 3.12. The van der Waals surface area contributed by atoms with Gasteiger partial charge in [0, 0.05) is 5.54 Å². The number of carbonyl (C=O) groups is 1. The van der Waals surface area contributed by atoms with Crippen molar-refractivity contribution in [1.82, 2.24) is 20.5 Å². The van der Waals surface area contributed by atoms with E-state index in [2.05, 4.69) is 20.5 Å². The molecule has 0 aliphatic rings. The molecule has 0 aromatic carbocycles. The largest absolute Gasteiger partial charge is 0.410 e. The van der Waals surface area contributed by atoms with Crippen molar-refractivity contribution in [3.63, 3.8) is 0 Å². The van der Waals surface area contributed by atoms with Crippen molar-refractivity contribution in [3.05, 3.63) is 10.7 Å². The van der Waals surface area contributed by atoms with E-state index >= 15 is 0 Å². The Morgan fingerprint density at radius 1 is 1.36 bits per heavy atom. The number of thiazole rings is 1. The average molecular weight is 340 g/mol. The quantitative estimate of drug-likeness (QED) is 0.813. The highest BCUT2D eigenvalue weighted by molar-refractivity contribution is 7.99. The Morgan fingerprint density at radius 2 is 2.09 bits per heavy atom. The smallest absolute Gasteiger partial charge is 0.277 e. The van der Waals surface area contributed by atoms with Gasteiger partial charge in [0.25, 0.3) is 11.1 Å². The van der Waals surface area contributed by atoms with Crippen molar-refractivity contribution in [2.75, 3.05) is 5.75 Å². The van der Waals surface area contributed by atoms with Gasteiger partial charge in [-0.15, -0.1) is 21.5 Å². The van der Waals surface area contributed by atoms with Gasteiger partial charge in [-0.1, -0.05) is 18.7 Å². The Bertz CT molecular complexity index is 664. The molecule has 2 rings (SSSR count). The molecular formula is C14H20N4O2S2. The zero-order chi connectivity index (χ0) is 16.3. The van der Waals surface area contributed by atoms with Gasteiger partial charge in [-0.2, -0.15) is 0 Å². The first-order chi connectivity index (χ1) is 10.3. The van der Waals surface area contributed by atoms with E-state index in [0.29, 0.717) is 11.1 Å². The maximum atomic E-state index is 11.9. The monoisotopic (exact) mass is 340 g/mol. The lowest BCUT2D eigenvalue weighted by Gasteiger charge is -2.24. The second-order valence-corrected chi connectivity index (χ2v) is 7.72. The van der Waals surface area contributed by atoms with Crippen LogP contribution < -0.4 is 5.32 Å². The highest BCUT2D eigenvalue weighted by Gasteiger charge is 2.19. The number of thioether (sulfide) groups is 1. The molecule has 0 fully saturated rings. The zero-order valence-electron chi connectivity index (χ0n) is 13.4. The Balaban J connectivity index is 1.96. The predicted octanol–water partition coefficient (Wildman–Crippen LogP) is 3.21. The lowest BCUT2D eigenvalue weighted by molar-refractivity contribution is -0.120. The molecular weight excluding hydrogens is 320 g/mol. The maximum Gasteiger partial charge on any atom is 0.277 e. The predicted molar refractivity (Wildman–Crippen MR) is 88.1 cm³/mol. The molecule has 0 saturated carbocycles. The van der Waals surface area contributed by atoms with Gasteiger partial charge in [0.05, 0.1) is 16.5 Å². The summed E-state index contributed by atoms with van der Waals surface area (Å²) < 4.78 is 5.60. The van der Waals surface area contributed by atoms with E-state index in [-0.39, 0.29) is 17.2 Å². The summed E-state index contributed by atoms with van der Waals surface area (Å²) in [5.41, 5.74) is 0.680. The number of carbonyl (C=O) groups excluding carboxylic acids is 1. The summed E-state index contributed by atoms with van der Waals surface area (Å²) in [6.07, 6.45) is 0.873. The van der Waals surface area contributed by atoms with Crippen LogP contribution in [-0.2, 0) is 4.79 Å². The van der Waals surface area contributed by atoms with E-state index in [1.165, 1.54) is 23.1 Å². The fourth-order valence-electron chi connectivity index (χ4n) is 1.72. The molecule has 0 saturated heterocycles. The van der Waals surface area contributed by atoms with E-state index in [4.69, 9.17) is 4.42 Å². The molecule has 1 N–H and O–H groups in total. The first kappa shape index (κ1) is 17.0. The zero-order valence-corrected chi connectivity index (χ0v) is 15.0. The van der Waals surface area contributed by atoms with Crippen LogP contribution in [0.15, 0.2) is 9.64 Å². The second-order valence-electron chi connectivity index (χ2n) is 5.59. The molecule has 120 valence electrons. The summed E-state index contributed by atoms with van der Waals surface area (Å²) in [7, 11) is 0. The molecule has 0 unspecified atom stereocenters. The Kier molecular flexibility index (Phi) is 5.23. The van der Waals surface area contributed by atoms with Crippen LogP contribution in [0.3, 0.4) is 0 Å². The topological polar surface area (TPSA) is 80.9 Å². The summed E-state index contributed by atoms with van der Waals surface area (Å²) in [4.78, 5) is 17.1. The fraction of sp³-hybridized carbons (Fsp3) is 0.571. The van der Waals surface area contributed by atoms with Crippen LogP contribution in [0.1, 0.15) is 37.9 Å². The minimum atomic E-state index is -0.199. The summed E-state index contributed by atoms with van der Waals surface area (Å²) in [5.74, 6) is 0.674. The highest BCUT2D eigenvalue weighted by atomic mass is 32.2. The Labute approximate surface area is 138 Å². The number of nitrogens with zero attached hydrogens (tertiary/aromatic N) is 3. The minimum Gasteiger partial charge on any atom is -0.410 e. The first-order valence-corrected chi connectivity index (χ1v) is 8.82. The summed E-state index contributed by atoms with van der Waals surface area (Å²) in [5, 5.41) is 12.3. The van der Waals surface area contributed by atoms with Gasteiger partial charge in [-0.3, -0.25) is 4.79 Å². The number of nitrogens with one attached hydrogen (secondary N) is 1. The standard InChI is InChI=1S/C14H20N4O2S2/c1-6-14(4,5)16-10(19)7-21-13-18-17-12(20-13)11-8(2)15-9(3)22-11/h6-7H2,1-5H3,(H,16,19). The lowest BCUT2D eigenvalue weighted by atomic mass is 10.0. The van der Waals surface area contributed by atoms with Crippen LogP contribution >= 0.6 is 23.1 Å². The molecule has 0 radical (unpaired) electrons. The molecule has 2 aromatic rings. The van der Waals surface area contributed by atoms with Gasteiger partial charge in [0.1, 0.15) is 4.88 Å². The van der Waals surface area contributed by atoms with E-state index in [1.807, 2.05) is 34.6 Å². The van der Waals surface area contributed by atoms with Crippen molar-refractivity contribution in [3.8, 4) is 10.8 Å². The average Bonchev–Trinajstić information content (AvgIpc) is 3.02. The summed E-state index contributed by atoms with van der Waals surface area (Å²) in [6, 6.07) is 0. The number of hydrogen-bond donors (Lipinski definition) is 1. The third-order valence-corrected chi connectivity index (χ3v) is 5.07. The van der Waals surface area contributed by atoms with Crippen LogP contribution in [0.2, 0.25) is 0 Å². The molecule has 22 heavy (non-hydrogen) atoms. The summed E-state index contributed by atoms with van der Waals surface area (Å²) >= 11 is 2.76. The third-order valence-electron chi connectivity index (χ3n) is 3.19. The summed E-state index contributed by atoms with van der Waals surface area (Å²) in [6.45, 7) is 9.88. The molecule has 1 amide bonds. The second kappa shape index (κ2) is 6.78.